The van der Waals surface area contributed by atoms with Gasteiger partial charge in [0.1, 0.15) is 4.21 Å². The fourth-order valence-electron chi connectivity index (χ4n) is 1.81. The van der Waals surface area contributed by atoms with Crippen molar-refractivity contribution in [1.29, 1.82) is 0 Å². The van der Waals surface area contributed by atoms with Crippen molar-refractivity contribution in [3.05, 3.63) is 52.9 Å². The number of sulfonamides is 1. The number of thiophene rings is 1. The molecule has 0 bridgehead atoms. The number of nitrogens with two attached hydrogens (primary N) is 1. The molecule has 0 saturated carbocycles. The molecule has 6 heteroatoms. The molecule has 0 aliphatic rings. The van der Waals surface area contributed by atoms with E-state index in [1.54, 1.807) is 11.4 Å². The summed E-state index contributed by atoms with van der Waals surface area (Å²) in [5.41, 5.74) is 7.45. The van der Waals surface area contributed by atoms with Gasteiger partial charge in [0, 0.05) is 13.1 Å². The van der Waals surface area contributed by atoms with E-state index in [9.17, 15) is 8.42 Å². The number of hydrogen-bond acceptors (Lipinski definition) is 4. The molecule has 0 amide bonds. The summed E-state index contributed by atoms with van der Waals surface area (Å²) in [5.74, 6) is 0.125. The van der Waals surface area contributed by atoms with Crippen LogP contribution in [-0.2, 0) is 16.6 Å². The second-order valence-corrected chi connectivity index (χ2v) is 7.55. The second-order valence-electron chi connectivity index (χ2n) is 4.64. The highest BCUT2D eigenvalue weighted by Gasteiger charge is 2.17. The van der Waals surface area contributed by atoms with Crippen LogP contribution in [0.15, 0.2) is 46.0 Å². The maximum Gasteiger partial charge on any atom is 0.250 e. The van der Waals surface area contributed by atoms with Crippen molar-refractivity contribution >= 4 is 21.4 Å². The first-order valence-corrected chi connectivity index (χ1v) is 8.71. The topological polar surface area (TPSA) is 72.2 Å². The molecule has 1 aromatic heterocycles. The fraction of sp³-hybridized carbons (Fsp3) is 0.286. The molecule has 4 nitrogen and oxygen atoms in total. The lowest BCUT2D eigenvalue weighted by Crippen LogP contribution is -2.27. The smallest absolute Gasteiger partial charge is 0.250 e. The lowest BCUT2D eigenvalue weighted by Gasteiger charge is -2.12. The predicted octanol–water partition coefficient (Wildman–Crippen LogP) is 2.29. The molecule has 108 valence electrons. The molecule has 0 fully saturated rings. The van der Waals surface area contributed by atoms with E-state index in [0.717, 1.165) is 11.1 Å². The molecule has 1 unspecified atom stereocenters. The van der Waals surface area contributed by atoms with Gasteiger partial charge in [-0.2, -0.15) is 0 Å². The van der Waals surface area contributed by atoms with Crippen LogP contribution in [0.25, 0.3) is 0 Å². The number of hydrogen-bond donors (Lipinski definition) is 2. The molecule has 2 aromatic rings. The van der Waals surface area contributed by atoms with E-state index in [1.807, 2.05) is 37.3 Å². The average Bonchev–Trinajstić information content (AvgIpc) is 2.95. The normalized spacial score (nSPS) is 13.3. The van der Waals surface area contributed by atoms with Gasteiger partial charge in [-0.3, -0.25) is 0 Å². The lowest BCUT2D eigenvalue weighted by molar-refractivity contribution is 0.577. The van der Waals surface area contributed by atoms with E-state index in [1.165, 1.54) is 11.3 Å². The van der Waals surface area contributed by atoms with Crippen molar-refractivity contribution in [3.63, 3.8) is 0 Å². The van der Waals surface area contributed by atoms with Gasteiger partial charge in [-0.25, -0.2) is 13.1 Å². The molecular weight excluding hydrogens is 292 g/mol. The van der Waals surface area contributed by atoms with Crippen molar-refractivity contribution in [1.82, 2.24) is 4.72 Å². The van der Waals surface area contributed by atoms with Crippen LogP contribution in [0.2, 0.25) is 0 Å². The SMILES string of the molecule is CC(CNS(=O)(=O)c1cc(CN)cs1)c1ccccc1. The Balaban J connectivity index is 2.02. The second kappa shape index (κ2) is 6.49. The molecule has 3 N–H and O–H groups in total. The van der Waals surface area contributed by atoms with Gasteiger partial charge in [-0.1, -0.05) is 37.3 Å². The zero-order valence-electron chi connectivity index (χ0n) is 11.2. The predicted molar refractivity (Wildman–Crippen MR) is 82.3 cm³/mol. The first-order valence-electron chi connectivity index (χ1n) is 6.35. The molecule has 0 aliphatic heterocycles. The Morgan fingerprint density at radius 2 is 2.00 bits per heavy atom. The summed E-state index contributed by atoms with van der Waals surface area (Å²) in [7, 11) is -3.44. The van der Waals surface area contributed by atoms with Crippen molar-refractivity contribution in [3.8, 4) is 0 Å². The van der Waals surface area contributed by atoms with Gasteiger partial charge in [-0.05, 0) is 28.5 Å². The van der Waals surface area contributed by atoms with Gasteiger partial charge in [-0.15, -0.1) is 11.3 Å². The van der Waals surface area contributed by atoms with Crippen molar-refractivity contribution < 1.29 is 8.42 Å². The number of nitrogens with one attached hydrogen (secondary N) is 1. The standard InChI is InChI=1S/C14H18N2O2S2/c1-11(13-5-3-2-4-6-13)9-16-20(17,18)14-7-12(8-15)10-19-14/h2-7,10-11,16H,8-9,15H2,1H3. The minimum atomic E-state index is -3.44. The average molecular weight is 310 g/mol. The van der Waals surface area contributed by atoms with E-state index >= 15 is 0 Å². The van der Waals surface area contributed by atoms with Gasteiger partial charge in [0.2, 0.25) is 10.0 Å². The highest BCUT2D eigenvalue weighted by molar-refractivity contribution is 7.91. The van der Waals surface area contributed by atoms with Crippen LogP contribution >= 0.6 is 11.3 Å². The maximum absolute atomic E-state index is 12.2. The van der Waals surface area contributed by atoms with Gasteiger partial charge >= 0.3 is 0 Å². The molecule has 0 radical (unpaired) electrons. The van der Waals surface area contributed by atoms with Crippen LogP contribution in [0.3, 0.4) is 0 Å². The third-order valence-electron chi connectivity index (χ3n) is 3.08. The van der Waals surface area contributed by atoms with Crippen LogP contribution in [0.5, 0.6) is 0 Å². The molecule has 0 spiro atoms. The zero-order valence-corrected chi connectivity index (χ0v) is 12.9. The molecule has 1 heterocycles. The van der Waals surface area contributed by atoms with Crippen LogP contribution in [-0.4, -0.2) is 15.0 Å². The maximum atomic E-state index is 12.2. The van der Waals surface area contributed by atoms with Gasteiger partial charge in [0.15, 0.2) is 0 Å². The Morgan fingerprint density at radius 1 is 1.30 bits per heavy atom. The quantitative estimate of drug-likeness (QED) is 0.860. The van der Waals surface area contributed by atoms with Crippen molar-refractivity contribution in [2.45, 2.75) is 23.6 Å². The van der Waals surface area contributed by atoms with Gasteiger partial charge in [0.05, 0.1) is 0 Å². The minimum absolute atomic E-state index is 0.125. The Labute approximate surface area is 123 Å². The molecule has 0 aliphatic carbocycles. The lowest BCUT2D eigenvalue weighted by atomic mass is 10.0. The molecular formula is C14H18N2O2S2. The van der Waals surface area contributed by atoms with Gasteiger partial charge in [0.25, 0.3) is 0 Å². The third-order valence-corrected chi connectivity index (χ3v) is 5.99. The molecule has 0 saturated heterocycles. The van der Waals surface area contributed by atoms with Gasteiger partial charge < -0.3 is 5.73 Å². The Bertz CT molecular complexity index is 651. The van der Waals surface area contributed by atoms with Crippen molar-refractivity contribution in [2.75, 3.05) is 6.54 Å². The summed E-state index contributed by atoms with van der Waals surface area (Å²) < 4.78 is 27.3. The third kappa shape index (κ3) is 3.67. The first-order chi connectivity index (χ1) is 9.53. The number of rotatable bonds is 6. The summed E-state index contributed by atoms with van der Waals surface area (Å²) >= 11 is 1.20. The Morgan fingerprint density at radius 3 is 2.60 bits per heavy atom. The van der Waals surface area contributed by atoms with E-state index < -0.39 is 10.0 Å². The zero-order chi connectivity index (χ0) is 14.6. The largest absolute Gasteiger partial charge is 0.326 e. The summed E-state index contributed by atoms with van der Waals surface area (Å²) in [6, 6.07) is 11.5. The molecule has 20 heavy (non-hydrogen) atoms. The highest BCUT2D eigenvalue weighted by Crippen LogP contribution is 2.21. The first kappa shape index (κ1) is 15.2. The minimum Gasteiger partial charge on any atom is -0.326 e. The van der Waals surface area contributed by atoms with Crippen molar-refractivity contribution in [2.24, 2.45) is 5.73 Å². The molecule has 1 atom stereocenters. The highest BCUT2D eigenvalue weighted by atomic mass is 32.2. The Kier molecular flexibility index (Phi) is 4.93. The number of benzene rings is 1. The molecule has 2 rings (SSSR count). The monoisotopic (exact) mass is 310 g/mol. The van der Waals surface area contributed by atoms with Crippen LogP contribution in [0.4, 0.5) is 0 Å². The summed E-state index contributed by atoms with van der Waals surface area (Å²) in [6.45, 7) is 2.73. The summed E-state index contributed by atoms with van der Waals surface area (Å²) in [6.07, 6.45) is 0. The summed E-state index contributed by atoms with van der Waals surface area (Å²) in [5, 5.41) is 1.77. The molecule has 1 aromatic carbocycles. The summed E-state index contributed by atoms with van der Waals surface area (Å²) in [4.78, 5) is 0. The Hall–Kier alpha value is -1.21. The fourth-order valence-corrected chi connectivity index (χ4v) is 4.20. The van der Waals surface area contributed by atoms with E-state index in [4.69, 9.17) is 5.73 Å². The van der Waals surface area contributed by atoms with E-state index in [-0.39, 0.29) is 5.92 Å². The van der Waals surface area contributed by atoms with E-state index in [0.29, 0.717) is 17.3 Å². The van der Waals surface area contributed by atoms with Crippen LogP contribution < -0.4 is 10.5 Å². The van der Waals surface area contributed by atoms with E-state index in [2.05, 4.69) is 4.72 Å². The van der Waals surface area contributed by atoms with Crippen LogP contribution in [0, 0.1) is 0 Å². The van der Waals surface area contributed by atoms with Crippen LogP contribution in [0.1, 0.15) is 24.0 Å².